The van der Waals surface area contributed by atoms with E-state index >= 15 is 0 Å². The van der Waals surface area contributed by atoms with Crippen LogP contribution in [0.1, 0.15) is 17.1 Å². The third-order valence-electron chi connectivity index (χ3n) is 3.36. The van der Waals surface area contributed by atoms with Gasteiger partial charge in [-0.25, -0.2) is 0 Å². The molecule has 0 unspecified atom stereocenters. The van der Waals surface area contributed by atoms with E-state index in [0.717, 1.165) is 23.5 Å². The first-order chi connectivity index (χ1) is 9.49. The third kappa shape index (κ3) is 2.98. The predicted molar refractivity (Wildman–Crippen MR) is 76.0 cm³/mol. The number of nitrogen functional groups attached to an aromatic ring is 1. The van der Waals surface area contributed by atoms with E-state index in [4.69, 9.17) is 5.73 Å². The normalized spacial score (nSPS) is 10.8. The quantitative estimate of drug-likeness (QED) is 0.814. The summed E-state index contributed by atoms with van der Waals surface area (Å²) < 4.78 is 3.43. The molecule has 0 spiro atoms. The van der Waals surface area contributed by atoms with Crippen molar-refractivity contribution in [1.82, 2.24) is 24.9 Å². The third-order valence-corrected chi connectivity index (χ3v) is 3.36. The van der Waals surface area contributed by atoms with Gasteiger partial charge in [-0.1, -0.05) is 0 Å². The van der Waals surface area contributed by atoms with Crippen molar-refractivity contribution < 1.29 is 4.79 Å². The summed E-state index contributed by atoms with van der Waals surface area (Å²) in [6, 6.07) is 1.94. The molecule has 0 saturated carbocycles. The number of nitrogens with one attached hydrogen (secondary N) is 1. The van der Waals surface area contributed by atoms with Gasteiger partial charge >= 0.3 is 0 Å². The van der Waals surface area contributed by atoms with Crippen LogP contribution in [0.2, 0.25) is 0 Å². The molecule has 7 nitrogen and oxygen atoms in total. The van der Waals surface area contributed by atoms with Gasteiger partial charge < -0.3 is 11.1 Å². The molecule has 0 aromatic carbocycles. The second kappa shape index (κ2) is 5.77. The summed E-state index contributed by atoms with van der Waals surface area (Å²) in [5.74, 6) is -0.0715. The Kier molecular flexibility index (Phi) is 4.07. The van der Waals surface area contributed by atoms with Gasteiger partial charge in [-0.15, -0.1) is 0 Å². The fraction of sp³-hybridized carbons (Fsp3) is 0.462. The monoisotopic (exact) mass is 276 g/mol. The van der Waals surface area contributed by atoms with Crippen LogP contribution >= 0.6 is 0 Å². The van der Waals surface area contributed by atoms with Crippen LogP contribution in [0, 0.1) is 13.8 Å². The van der Waals surface area contributed by atoms with Crippen molar-refractivity contribution in [2.24, 2.45) is 7.05 Å². The van der Waals surface area contributed by atoms with Gasteiger partial charge in [0.15, 0.2) is 0 Å². The first-order valence-electron chi connectivity index (χ1n) is 6.52. The molecule has 0 radical (unpaired) electrons. The molecule has 7 heteroatoms. The molecule has 1 amide bonds. The molecular formula is C13H20N6O. The zero-order valence-electron chi connectivity index (χ0n) is 12.1. The Bertz CT molecular complexity index is 612. The molecule has 108 valence electrons. The fourth-order valence-electron chi connectivity index (χ4n) is 2.03. The fourth-order valence-corrected chi connectivity index (χ4v) is 2.03. The number of rotatable bonds is 5. The van der Waals surface area contributed by atoms with Crippen LogP contribution in [0.5, 0.6) is 0 Å². The van der Waals surface area contributed by atoms with Gasteiger partial charge in [0.05, 0.1) is 17.1 Å². The number of carbonyl (C=O) groups excluding carboxylic acids is 1. The topological polar surface area (TPSA) is 90.8 Å². The van der Waals surface area contributed by atoms with E-state index in [0.29, 0.717) is 12.2 Å². The number of hydrogen-bond donors (Lipinski definition) is 2. The minimum Gasteiger partial charge on any atom is -0.396 e. The lowest BCUT2D eigenvalue weighted by molar-refractivity contribution is -0.121. The Balaban J connectivity index is 1.84. The van der Waals surface area contributed by atoms with E-state index in [1.54, 1.807) is 15.6 Å². The number of nitrogens with zero attached hydrogens (tertiary/aromatic N) is 4. The number of anilines is 1. The number of hydrogen-bond acceptors (Lipinski definition) is 4. The maximum Gasteiger partial charge on any atom is 0.241 e. The second-order valence-corrected chi connectivity index (χ2v) is 4.79. The molecule has 3 N–H and O–H groups in total. The van der Waals surface area contributed by atoms with Crippen molar-refractivity contribution >= 4 is 11.6 Å². The molecule has 20 heavy (non-hydrogen) atoms. The Morgan fingerprint density at radius 3 is 2.75 bits per heavy atom. The predicted octanol–water partition coefficient (Wildman–Crippen LogP) is 0.175. The lowest BCUT2D eigenvalue weighted by Crippen LogP contribution is -2.30. The van der Waals surface area contributed by atoms with Gasteiger partial charge in [-0.05, 0) is 19.9 Å². The zero-order chi connectivity index (χ0) is 14.7. The summed E-state index contributed by atoms with van der Waals surface area (Å²) in [4.78, 5) is 11.9. The summed E-state index contributed by atoms with van der Waals surface area (Å²) in [5, 5.41) is 11.2. The van der Waals surface area contributed by atoms with Crippen molar-refractivity contribution in [2.45, 2.75) is 26.8 Å². The van der Waals surface area contributed by atoms with Gasteiger partial charge in [0, 0.05) is 31.9 Å². The maximum atomic E-state index is 11.9. The molecule has 0 atom stereocenters. The van der Waals surface area contributed by atoms with Crippen LogP contribution in [0.4, 0.5) is 5.69 Å². The number of aryl methyl sites for hydroxylation is 2. The second-order valence-electron chi connectivity index (χ2n) is 4.79. The van der Waals surface area contributed by atoms with E-state index in [2.05, 4.69) is 15.5 Å². The van der Waals surface area contributed by atoms with Gasteiger partial charge in [0.2, 0.25) is 5.91 Å². The minimum absolute atomic E-state index is 0.0715. The van der Waals surface area contributed by atoms with Crippen molar-refractivity contribution in [3.8, 4) is 0 Å². The Labute approximate surface area is 117 Å². The van der Waals surface area contributed by atoms with Crippen LogP contribution < -0.4 is 11.1 Å². The largest absolute Gasteiger partial charge is 0.396 e. The summed E-state index contributed by atoms with van der Waals surface area (Å²) >= 11 is 0. The highest BCUT2D eigenvalue weighted by molar-refractivity contribution is 5.75. The van der Waals surface area contributed by atoms with Crippen molar-refractivity contribution in [3.05, 3.63) is 29.3 Å². The van der Waals surface area contributed by atoms with Crippen LogP contribution in [0.25, 0.3) is 0 Å². The summed E-state index contributed by atoms with van der Waals surface area (Å²) in [6.07, 6.45) is 2.50. The molecule has 2 rings (SSSR count). The van der Waals surface area contributed by atoms with Crippen molar-refractivity contribution in [1.29, 1.82) is 0 Å². The summed E-state index contributed by atoms with van der Waals surface area (Å²) in [5.41, 5.74) is 9.14. The smallest absolute Gasteiger partial charge is 0.241 e. The lowest BCUT2D eigenvalue weighted by Gasteiger charge is -2.07. The highest BCUT2D eigenvalue weighted by Gasteiger charge is 2.11. The van der Waals surface area contributed by atoms with Crippen molar-refractivity contribution in [2.75, 3.05) is 12.3 Å². The molecule has 0 aliphatic heterocycles. The molecular weight excluding hydrogens is 256 g/mol. The standard InChI is InChI=1S/C13H20N6O/c1-9-13(14)10(2)19(17-9)8-12(20)15-6-4-11-5-7-16-18(11)3/h5,7H,4,6,8,14H2,1-3H3,(H,15,20). The Morgan fingerprint density at radius 2 is 2.20 bits per heavy atom. The number of nitrogens with two attached hydrogens (primary N) is 1. The average molecular weight is 276 g/mol. The first kappa shape index (κ1) is 14.1. The number of carbonyl (C=O) groups is 1. The molecule has 2 aromatic rings. The van der Waals surface area contributed by atoms with Gasteiger partial charge in [0.1, 0.15) is 6.54 Å². The highest BCUT2D eigenvalue weighted by atomic mass is 16.2. The molecule has 0 saturated heterocycles. The van der Waals surface area contributed by atoms with Crippen LogP contribution in [0.15, 0.2) is 12.3 Å². The Morgan fingerprint density at radius 1 is 1.45 bits per heavy atom. The minimum atomic E-state index is -0.0715. The van der Waals surface area contributed by atoms with E-state index in [1.807, 2.05) is 27.0 Å². The lowest BCUT2D eigenvalue weighted by atomic mass is 10.3. The molecule has 0 fully saturated rings. The average Bonchev–Trinajstić information content (AvgIpc) is 2.90. The Hall–Kier alpha value is -2.31. The molecule has 0 bridgehead atoms. The molecule has 0 aliphatic rings. The summed E-state index contributed by atoms with van der Waals surface area (Å²) in [7, 11) is 1.88. The van der Waals surface area contributed by atoms with E-state index in [1.165, 1.54) is 0 Å². The number of aromatic nitrogens is 4. The van der Waals surface area contributed by atoms with Crippen molar-refractivity contribution in [3.63, 3.8) is 0 Å². The van der Waals surface area contributed by atoms with E-state index < -0.39 is 0 Å². The van der Waals surface area contributed by atoms with Gasteiger partial charge in [-0.3, -0.25) is 14.2 Å². The van der Waals surface area contributed by atoms with Gasteiger partial charge in [-0.2, -0.15) is 10.2 Å². The van der Waals surface area contributed by atoms with Gasteiger partial charge in [0.25, 0.3) is 0 Å². The SMILES string of the molecule is Cc1nn(CC(=O)NCCc2ccnn2C)c(C)c1N. The number of amides is 1. The van der Waals surface area contributed by atoms with Crippen LogP contribution in [-0.4, -0.2) is 32.0 Å². The maximum absolute atomic E-state index is 11.9. The van der Waals surface area contributed by atoms with E-state index in [-0.39, 0.29) is 12.5 Å². The molecule has 2 aromatic heterocycles. The molecule has 2 heterocycles. The van der Waals surface area contributed by atoms with E-state index in [9.17, 15) is 4.79 Å². The van der Waals surface area contributed by atoms with Crippen LogP contribution in [-0.2, 0) is 24.8 Å². The molecule has 0 aliphatic carbocycles. The highest BCUT2D eigenvalue weighted by Crippen LogP contribution is 2.14. The first-order valence-corrected chi connectivity index (χ1v) is 6.52. The zero-order valence-corrected chi connectivity index (χ0v) is 12.1. The van der Waals surface area contributed by atoms with Crippen LogP contribution in [0.3, 0.4) is 0 Å². The summed E-state index contributed by atoms with van der Waals surface area (Å²) in [6.45, 7) is 4.46.